The van der Waals surface area contributed by atoms with E-state index in [0.29, 0.717) is 0 Å². The molecule has 2 nitrogen and oxygen atoms in total. The summed E-state index contributed by atoms with van der Waals surface area (Å²) in [6, 6.07) is 0. The quantitative estimate of drug-likeness (QED) is 0.475. The number of carbonyl (C=O) groups is 1. The normalized spacial score (nSPS) is 9.31. The molecule has 0 fully saturated rings. The van der Waals surface area contributed by atoms with Gasteiger partial charge in [-0.25, -0.2) is 0 Å². The number of unbranched alkanes of at least 4 members (excludes halogenated alkanes) is 6. The van der Waals surface area contributed by atoms with Gasteiger partial charge in [0.25, 0.3) is 0 Å². The van der Waals surface area contributed by atoms with Gasteiger partial charge in [0.1, 0.15) is 0 Å². The fourth-order valence-corrected chi connectivity index (χ4v) is 1.23. The van der Waals surface area contributed by atoms with E-state index >= 15 is 0 Å². The second-order valence-electron chi connectivity index (χ2n) is 3.24. The first-order chi connectivity index (χ1) is 5.77. The van der Waals surface area contributed by atoms with Crippen LogP contribution in [0.2, 0.25) is 0 Å². The molecule has 0 unspecified atom stereocenters. The minimum absolute atomic E-state index is 0. The monoisotopic (exact) mass is 234 g/mol. The first-order valence-electron chi connectivity index (χ1n) is 4.97. The molecular weight excluding hydrogens is 216 g/mol. The third-order valence-corrected chi connectivity index (χ3v) is 1.98. The van der Waals surface area contributed by atoms with Gasteiger partial charge >= 0.3 is 17.1 Å². The minimum atomic E-state index is -0.913. The van der Waals surface area contributed by atoms with Gasteiger partial charge in [0.2, 0.25) is 0 Å². The van der Waals surface area contributed by atoms with Crippen LogP contribution in [-0.2, 0) is 21.9 Å². The Morgan fingerprint density at radius 3 is 1.92 bits per heavy atom. The van der Waals surface area contributed by atoms with Gasteiger partial charge in [-0.15, -0.1) is 0 Å². The molecule has 0 amide bonds. The molecule has 82 valence electrons. The predicted octanol–water partition coefficient (Wildman–Crippen LogP) is 1.87. The molecule has 0 saturated heterocycles. The molecule has 13 heavy (non-hydrogen) atoms. The molecule has 0 rings (SSSR count). The van der Waals surface area contributed by atoms with E-state index in [-0.39, 0.29) is 23.5 Å². The van der Waals surface area contributed by atoms with Crippen LogP contribution >= 0.6 is 0 Å². The molecule has 0 bridgehead atoms. The van der Waals surface area contributed by atoms with Gasteiger partial charge in [-0.05, 0) is 12.8 Å². The average molecular weight is 235 g/mol. The molecule has 0 aromatic heterocycles. The van der Waals surface area contributed by atoms with Crippen LogP contribution in [-0.4, -0.2) is 5.97 Å². The maximum absolute atomic E-state index is 10.0. The molecule has 0 N–H and O–H groups in total. The maximum atomic E-state index is 10.0. The Bertz CT molecular complexity index is 115. The van der Waals surface area contributed by atoms with Crippen molar-refractivity contribution in [1.82, 2.24) is 0 Å². The number of aliphatic carboxylic acids is 1. The number of carboxylic acid groups (broad SMARTS) is 1. The standard InChI is InChI=1S/C10H20O2.Cu/c1-2-3-4-5-6-7-8-9-10(11)12;/h2-9H2,1H3,(H,11,12);/q;+1/p-1. The van der Waals surface area contributed by atoms with E-state index < -0.39 is 5.97 Å². The third kappa shape index (κ3) is 14.8. The van der Waals surface area contributed by atoms with Gasteiger partial charge in [0, 0.05) is 5.97 Å². The van der Waals surface area contributed by atoms with Crippen LogP contribution in [0.25, 0.3) is 0 Å². The fourth-order valence-electron chi connectivity index (χ4n) is 1.23. The molecule has 0 aromatic rings. The average Bonchev–Trinajstić information content (AvgIpc) is 2.02. The molecule has 0 aliphatic rings. The Balaban J connectivity index is 0. The minimum Gasteiger partial charge on any atom is -0.550 e. The van der Waals surface area contributed by atoms with Crippen LogP contribution in [0.5, 0.6) is 0 Å². The number of carbonyl (C=O) groups excluding carboxylic acids is 1. The summed E-state index contributed by atoms with van der Waals surface area (Å²) in [5, 5.41) is 10.0. The van der Waals surface area contributed by atoms with Crippen molar-refractivity contribution < 1.29 is 27.0 Å². The summed E-state index contributed by atoms with van der Waals surface area (Å²) in [5.74, 6) is -0.913. The van der Waals surface area contributed by atoms with Crippen molar-refractivity contribution in [3.63, 3.8) is 0 Å². The summed E-state index contributed by atoms with van der Waals surface area (Å²) in [6.07, 6.45) is 8.34. The van der Waals surface area contributed by atoms with Gasteiger partial charge in [-0.3, -0.25) is 0 Å². The second kappa shape index (κ2) is 12.0. The van der Waals surface area contributed by atoms with Crippen molar-refractivity contribution in [1.29, 1.82) is 0 Å². The van der Waals surface area contributed by atoms with Gasteiger partial charge in [-0.2, -0.15) is 0 Å². The van der Waals surface area contributed by atoms with E-state index in [1.165, 1.54) is 32.1 Å². The third-order valence-electron chi connectivity index (χ3n) is 1.98. The Morgan fingerprint density at radius 2 is 1.46 bits per heavy atom. The van der Waals surface area contributed by atoms with E-state index in [4.69, 9.17) is 0 Å². The van der Waals surface area contributed by atoms with Gasteiger partial charge in [-0.1, -0.05) is 45.4 Å². The number of hydrogen-bond donors (Lipinski definition) is 0. The van der Waals surface area contributed by atoms with Crippen LogP contribution in [0.15, 0.2) is 0 Å². The van der Waals surface area contributed by atoms with E-state index in [2.05, 4.69) is 6.92 Å². The fraction of sp³-hybridized carbons (Fsp3) is 0.900. The molecule has 0 saturated carbocycles. The molecule has 0 spiro atoms. The number of hydrogen-bond acceptors (Lipinski definition) is 2. The molecule has 0 aliphatic carbocycles. The van der Waals surface area contributed by atoms with Gasteiger partial charge in [0.15, 0.2) is 0 Å². The van der Waals surface area contributed by atoms with E-state index in [1.54, 1.807) is 0 Å². The molecule has 0 aliphatic heterocycles. The summed E-state index contributed by atoms with van der Waals surface area (Å²) < 4.78 is 0. The number of carboxylic acids is 1. The van der Waals surface area contributed by atoms with Crippen LogP contribution in [0.3, 0.4) is 0 Å². The van der Waals surface area contributed by atoms with Gasteiger partial charge in [0.05, 0.1) is 0 Å². The molecule has 0 heterocycles. The van der Waals surface area contributed by atoms with Crippen LogP contribution in [0.1, 0.15) is 58.3 Å². The summed E-state index contributed by atoms with van der Waals surface area (Å²) >= 11 is 0. The summed E-state index contributed by atoms with van der Waals surface area (Å²) in [7, 11) is 0. The van der Waals surface area contributed by atoms with E-state index in [0.717, 1.165) is 12.8 Å². The molecular formula is C10H19CuO2. The Hall–Kier alpha value is -0.0105. The van der Waals surface area contributed by atoms with Crippen molar-refractivity contribution >= 4 is 5.97 Å². The first kappa shape index (κ1) is 15.5. The van der Waals surface area contributed by atoms with Crippen molar-refractivity contribution in [2.45, 2.75) is 58.3 Å². The zero-order valence-electron chi connectivity index (χ0n) is 8.27. The van der Waals surface area contributed by atoms with Crippen molar-refractivity contribution in [3.8, 4) is 0 Å². The van der Waals surface area contributed by atoms with Crippen LogP contribution in [0, 0.1) is 0 Å². The maximum Gasteiger partial charge on any atom is 1.00 e. The van der Waals surface area contributed by atoms with E-state index in [1.807, 2.05) is 0 Å². The zero-order valence-corrected chi connectivity index (χ0v) is 9.22. The van der Waals surface area contributed by atoms with Crippen LogP contribution < -0.4 is 5.11 Å². The van der Waals surface area contributed by atoms with E-state index in [9.17, 15) is 9.90 Å². The second-order valence-corrected chi connectivity index (χ2v) is 3.24. The molecule has 0 atom stereocenters. The molecule has 0 radical (unpaired) electrons. The Labute approximate surface area is 91.6 Å². The SMILES string of the molecule is CCCCCCCCCC(=O)[O-].[Cu+]. The van der Waals surface area contributed by atoms with Crippen LogP contribution in [0.4, 0.5) is 0 Å². The summed E-state index contributed by atoms with van der Waals surface area (Å²) in [6.45, 7) is 2.19. The topological polar surface area (TPSA) is 40.1 Å². The van der Waals surface area contributed by atoms with Gasteiger partial charge < -0.3 is 9.90 Å². The smallest absolute Gasteiger partial charge is 0.550 e. The van der Waals surface area contributed by atoms with Crippen molar-refractivity contribution in [2.75, 3.05) is 0 Å². The zero-order chi connectivity index (χ0) is 9.23. The Morgan fingerprint density at radius 1 is 1.00 bits per heavy atom. The largest absolute Gasteiger partial charge is 1.00 e. The molecule has 0 aromatic carbocycles. The predicted molar refractivity (Wildman–Crippen MR) is 47.6 cm³/mol. The number of rotatable bonds is 8. The van der Waals surface area contributed by atoms with Crippen molar-refractivity contribution in [2.24, 2.45) is 0 Å². The Kier molecular flexibility index (Phi) is 14.3. The molecule has 3 heteroatoms. The summed E-state index contributed by atoms with van der Waals surface area (Å²) in [4.78, 5) is 10.0. The van der Waals surface area contributed by atoms with Crippen molar-refractivity contribution in [3.05, 3.63) is 0 Å². The summed E-state index contributed by atoms with van der Waals surface area (Å²) in [5.41, 5.74) is 0. The first-order valence-corrected chi connectivity index (χ1v) is 4.97.